The number of hydrogen-bond donors (Lipinski definition) is 0. The van der Waals surface area contributed by atoms with Gasteiger partial charge in [-0.2, -0.15) is 0 Å². The quantitative estimate of drug-likeness (QED) is 0.440. The molecule has 0 radical (unpaired) electrons. The molecule has 1 aliphatic heterocycles. The van der Waals surface area contributed by atoms with Crippen LogP contribution in [0.5, 0.6) is 5.75 Å². The molecule has 0 aromatic heterocycles. The fourth-order valence-electron chi connectivity index (χ4n) is 4.17. The molecule has 5 nitrogen and oxygen atoms in total. The second-order valence-electron chi connectivity index (χ2n) is 7.65. The molecule has 1 saturated heterocycles. The number of amides is 2. The Morgan fingerprint density at radius 3 is 2.38 bits per heavy atom. The lowest BCUT2D eigenvalue weighted by atomic mass is 9.78. The van der Waals surface area contributed by atoms with E-state index in [1.54, 1.807) is 43.3 Å². The van der Waals surface area contributed by atoms with E-state index < -0.39 is 6.10 Å². The van der Waals surface area contributed by atoms with Crippen molar-refractivity contribution in [3.05, 3.63) is 72.3 Å². The largest absolute Gasteiger partial charge is 0.483 e. The molecular formula is C24H23NO4. The first-order valence-corrected chi connectivity index (χ1v) is 9.88. The molecule has 5 heteroatoms. The van der Waals surface area contributed by atoms with E-state index in [1.807, 2.05) is 37.3 Å². The maximum absolute atomic E-state index is 12.9. The fourth-order valence-corrected chi connectivity index (χ4v) is 4.17. The van der Waals surface area contributed by atoms with Crippen LogP contribution in [-0.4, -0.2) is 23.7 Å². The summed E-state index contributed by atoms with van der Waals surface area (Å²) in [6.45, 7) is 3.68. The number of anilines is 1. The molecule has 4 rings (SSSR count). The molecule has 0 unspecified atom stereocenters. The molecule has 0 bridgehead atoms. The number of carbonyl (C=O) groups is 3. The molecule has 0 N–H and O–H groups in total. The summed E-state index contributed by atoms with van der Waals surface area (Å²) in [6.07, 6.45) is 3.96. The predicted molar refractivity (Wildman–Crippen MR) is 110 cm³/mol. The maximum atomic E-state index is 12.9. The molecule has 1 heterocycles. The summed E-state index contributed by atoms with van der Waals surface area (Å²) in [5.74, 6) is -0.380. The maximum Gasteiger partial charge on any atom is 0.238 e. The third kappa shape index (κ3) is 3.48. The van der Waals surface area contributed by atoms with Crippen molar-refractivity contribution in [1.29, 1.82) is 0 Å². The van der Waals surface area contributed by atoms with Gasteiger partial charge in [-0.05, 0) is 43.5 Å². The molecular weight excluding hydrogens is 366 g/mol. The molecule has 2 aliphatic rings. The van der Waals surface area contributed by atoms with Crippen molar-refractivity contribution >= 4 is 23.3 Å². The van der Waals surface area contributed by atoms with Crippen molar-refractivity contribution in [2.45, 2.75) is 26.4 Å². The lowest BCUT2D eigenvalue weighted by Gasteiger charge is -2.22. The van der Waals surface area contributed by atoms with E-state index in [0.29, 0.717) is 23.4 Å². The van der Waals surface area contributed by atoms with Crippen LogP contribution in [-0.2, 0) is 9.59 Å². The van der Waals surface area contributed by atoms with Gasteiger partial charge in [-0.1, -0.05) is 49.4 Å². The van der Waals surface area contributed by atoms with E-state index in [9.17, 15) is 14.4 Å². The first-order valence-electron chi connectivity index (χ1n) is 9.88. The zero-order chi connectivity index (χ0) is 20.5. The van der Waals surface area contributed by atoms with E-state index in [0.717, 1.165) is 0 Å². The Labute approximate surface area is 170 Å². The topological polar surface area (TPSA) is 63.7 Å². The Bertz CT molecular complexity index is 964. The van der Waals surface area contributed by atoms with Crippen LogP contribution in [0, 0.1) is 17.8 Å². The molecule has 148 valence electrons. The predicted octanol–water partition coefficient (Wildman–Crippen LogP) is 4.04. The van der Waals surface area contributed by atoms with Crippen LogP contribution in [0.3, 0.4) is 0 Å². The van der Waals surface area contributed by atoms with Gasteiger partial charge in [0.2, 0.25) is 17.6 Å². The van der Waals surface area contributed by atoms with Gasteiger partial charge in [-0.25, -0.2) is 0 Å². The van der Waals surface area contributed by atoms with Crippen LogP contribution >= 0.6 is 0 Å². The Hall–Kier alpha value is -3.21. The third-order valence-electron chi connectivity index (χ3n) is 5.71. The van der Waals surface area contributed by atoms with Crippen molar-refractivity contribution < 1.29 is 19.1 Å². The molecule has 29 heavy (non-hydrogen) atoms. The summed E-state index contributed by atoms with van der Waals surface area (Å²) in [5, 5.41) is 0. The third-order valence-corrected chi connectivity index (χ3v) is 5.71. The van der Waals surface area contributed by atoms with Gasteiger partial charge < -0.3 is 4.74 Å². The monoisotopic (exact) mass is 389 g/mol. The Morgan fingerprint density at radius 2 is 1.72 bits per heavy atom. The Kier molecular flexibility index (Phi) is 5.05. The van der Waals surface area contributed by atoms with Crippen LogP contribution in [0.4, 0.5) is 5.69 Å². The molecule has 2 amide bonds. The van der Waals surface area contributed by atoms with E-state index >= 15 is 0 Å². The molecule has 1 fully saturated rings. The van der Waals surface area contributed by atoms with Gasteiger partial charge >= 0.3 is 0 Å². The van der Waals surface area contributed by atoms with E-state index in [4.69, 9.17) is 4.74 Å². The van der Waals surface area contributed by atoms with Crippen LogP contribution in [0.25, 0.3) is 0 Å². The first kappa shape index (κ1) is 19.1. The summed E-state index contributed by atoms with van der Waals surface area (Å²) in [4.78, 5) is 39.4. The van der Waals surface area contributed by atoms with Crippen molar-refractivity contribution in [3.8, 4) is 5.75 Å². The smallest absolute Gasteiger partial charge is 0.238 e. The van der Waals surface area contributed by atoms with Crippen molar-refractivity contribution in [1.82, 2.24) is 0 Å². The van der Waals surface area contributed by atoms with Crippen LogP contribution < -0.4 is 9.64 Å². The SMILES string of the molecule is C[C@H](Oc1ccc(N2C(=O)[C@@H]3[C@H](C)C=CC[C@@H]3C2=O)cc1)C(=O)c1ccccc1. The second kappa shape index (κ2) is 7.66. The molecule has 2 aromatic rings. The Balaban J connectivity index is 1.48. The summed E-state index contributed by atoms with van der Waals surface area (Å²) in [6, 6.07) is 15.8. The van der Waals surface area contributed by atoms with Crippen molar-refractivity contribution in [2.75, 3.05) is 4.90 Å². The number of nitrogens with zero attached hydrogens (tertiary/aromatic N) is 1. The molecule has 0 saturated carbocycles. The number of carbonyl (C=O) groups excluding carboxylic acids is 3. The minimum Gasteiger partial charge on any atom is -0.483 e. The fraction of sp³-hybridized carbons (Fsp3) is 0.292. The second-order valence-corrected chi connectivity index (χ2v) is 7.65. The number of imide groups is 1. The normalized spacial score (nSPS) is 24.3. The van der Waals surface area contributed by atoms with E-state index in [-0.39, 0.29) is 35.4 Å². The van der Waals surface area contributed by atoms with Crippen LogP contribution in [0.1, 0.15) is 30.6 Å². The number of benzene rings is 2. The number of ether oxygens (including phenoxy) is 1. The highest BCUT2D eigenvalue weighted by molar-refractivity contribution is 6.22. The van der Waals surface area contributed by atoms with Gasteiger partial charge in [0.15, 0.2) is 6.10 Å². The van der Waals surface area contributed by atoms with Gasteiger partial charge in [0, 0.05) is 5.56 Å². The lowest BCUT2D eigenvalue weighted by molar-refractivity contribution is -0.122. The van der Waals surface area contributed by atoms with Gasteiger partial charge in [-0.15, -0.1) is 0 Å². The number of rotatable bonds is 5. The molecule has 0 spiro atoms. The minimum absolute atomic E-state index is 0.0580. The molecule has 1 aliphatic carbocycles. The average molecular weight is 389 g/mol. The van der Waals surface area contributed by atoms with Gasteiger partial charge in [0.05, 0.1) is 17.5 Å². The zero-order valence-corrected chi connectivity index (χ0v) is 16.4. The van der Waals surface area contributed by atoms with E-state index in [2.05, 4.69) is 0 Å². The van der Waals surface area contributed by atoms with Crippen molar-refractivity contribution in [2.24, 2.45) is 17.8 Å². The minimum atomic E-state index is -0.645. The van der Waals surface area contributed by atoms with Crippen LogP contribution in [0.2, 0.25) is 0 Å². The van der Waals surface area contributed by atoms with Gasteiger partial charge in [0.1, 0.15) is 5.75 Å². The van der Waals surface area contributed by atoms with Gasteiger partial charge in [-0.3, -0.25) is 19.3 Å². The highest BCUT2D eigenvalue weighted by Gasteiger charge is 2.50. The summed E-state index contributed by atoms with van der Waals surface area (Å²) >= 11 is 0. The Morgan fingerprint density at radius 1 is 1.03 bits per heavy atom. The highest BCUT2D eigenvalue weighted by atomic mass is 16.5. The zero-order valence-electron chi connectivity index (χ0n) is 16.4. The number of ketones is 1. The standard InChI is InChI=1S/C24H23NO4/c1-15-7-6-10-20-21(15)24(28)25(23(20)27)18-11-13-19(14-12-18)29-16(2)22(26)17-8-4-3-5-9-17/h3-9,11-16,20-21H,10H2,1-2H3/t15-,16+,20+,21-/m1/s1. The molecule has 2 aromatic carbocycles. The van der Waals surface area contributed by atoms with Crippen LogP contribution in [0.15, 0.2) is 66.7 Å². The molecule has 4 atom stereocenters. The lowest BCUT2D eigenvalue weighted by Crippen LogP contribution is -2.31. The average Bonchev–Trinajstić information content (AvgIpc) is 3.00. The number of Topliss-reactive ketones (excluding diaryl/α,β-unsaturated/α-hetero) is 1. The van der Waals surface area contributed by atoms with Gasteiger partial charge in [0.25, 0.3) is 0 Å². The summed E-state index contributed by atoms with van der Waals surface area (Å²) < 4.78 is 5.77. The summed E-state index contributed by atoms with van der Waals surface area (Å²) in [7, 11) is 0. The summed E-state index contributed by atoms with van der Waals surface area (Å²) in [5.41, 5.74) is 1.13. The van der Waals surface area contributed by atoms with Crippen molar-refractivity contribution in [3.63, 3.8) is 0 Å². The first-order chi connectivity index (χ1) is 14.0. The van der Waals surface area contributed by atoms with E-state index in [1.165, 1.54) is 4.90 Å². The number of fused-ring (bicyclic) bond motifs is 1. The number of allylic oxidation sites excluding steroid dienone is 2. The number of hydrogen-bond acceptors (Lipinski definition) is 4. The highest BCUT2D eigenvalue weighted by Crippen LogP contribution is 2.40.